The van der Waals surface area contributed by atoms with Gasteiger partial charge >= 0.3 is 0 Å². The largest absolute Gasteiger partial charge is 0.308 e. The van der Waals surface area contributed by atoms with Crippen molar-refractivity contribution in [1.82, 2.24) is 15.3 Å². The summed E-state index contributed by atoms with van der Waals surface area (Å²) in [5.41, 5.74) is 1.23. The van der Waals surface area contributed by atoms with Gasteiger partial charge in [0.1, 0.15) is 5.82 Å². The number of nitrogens with one attached hydrogen (secondary N) is 2. The molecule has 1 heterocycles. The summed E-state index contributed by atoms with van der Waals surface area (Å²) in [5, 5.41) is 4.36. The van der Waals surface area contributed by atoms with Crippen molar-refractivity contribution < 1.29 is 0 Å². The second-order valence-electron chi connectivity index (χ2n) is 4.90. The molecule has 20 heavy (non-hydrogen) atoms. The van der Waals surface area contributed by atoms with Crippen molar-refractivity contribution in [3.8, 4) is 11.4 Å². The minimum Gasteiger partial charge on any atom is -0.308 e. The highest BCUT2D eigenvalue weighted by molar-refractivity contribution is 6.35. The van der Waals surface area contributed by atoms with Crippen LogP contribution < -0.4 is 10.9 Å². The summed E-state index contributed by atoms with van der Waals surface area (Å²) in [6.45, 7) is 0.593. The van der Waals surface area contributed by atoms with Gasteiger partial charge in [0.25, 0.3) is 5.56 Å². The molecule has 0 saturated heterocycles. The van der Waals surface area contributed by atoms with E-state index in [1.807, 2.05) is 0 Å². The molecule has 1 aliphatic carbocycles. The van der Waals surface area contributed by atoms with Crippen LogP contribution in [0.1, 0.15) is 18.5 Å². The maximum atomic E-state index is 11.7. The van der Waals surface area contributed by atoms with E-state index in [1.54, 1.807) is 18.2 Å². The van der Waals surface area contributed by atoms with Gasteiger partial charge in [-0.1, -0.05) is 23.2 Å². The third-order valence-electron chi connectivity index (χ3n) is 3.08. The Morgan fingerprint density at radius 1 is 1.20 bits per heavy atom. The molecule has 0 unspecified atom stereocenters. The molecule has 3 rings (SSSR count). The number of nitrogens with zero attached hydrogens (tertiary/aromatic N) is 1. The van der Waals surface area contributed by atoms with Gasteiger partial charge in [-0.3, -0.25) is 4.79 Å². The number of hydrogen-bond acceptors (Lipinski definition) is 3. The summed E-state index contributed by atoms with van der Waals surface area (Å²) in [6.07, 6.45) is 2.39. The molecule has 2 N–H and O–H groups in total. The Morgan fingerprint density at radius 2 is 1.90 bits per heavy atom. The van der Waals surface area contributed by atoms with E-state index in [0.717, 1.165) is 0 Å². The van der Waals surface area contributed by atoms with Crippen LogP contribution in [0.5, 0.6) is 0 Å². The topological polar surface area (TPSA) is 57.8 Å². The number of rotatable bonds is 4. The Balaban J connectivity index is 1.93. The molecular weight excluding hydrogens is 297 g/mol. The molecule has 0 bridgehead atoms. The van der Waals surface area contributed by atoms with E-state index in [1.165, 1.54) is 18.9 Å². The monoisotopic (exact) mass is 309 g/mol. The average molecular weight is 310 g/mol. The molecule has 1 aromatic heterocycles. The minimum atomic E-state index is -0.182. The number of halogens is 2. The van der Waals surface area contributed by atoms with Crippen molar-refractivity contribution in [3.63, 3.8) is 0 Å². The Labute approximate surface area is 126 Å². The highest BCUT2D eigenvalue weighted by Gasteiger charge is 2.20. The van der Waals surface area contributed by atoms with Crippen molar-refractivity contribution in [2.24, 2.45) is 0 Å². The van der Waals surface area contributed by atoms with Gasteiger partial charge in [0.15, 0.2) is 0 Å². The first-order chi connectivity index (χ1) is 9.60. The molecular formula is C14H13Cl2N3O. The van der Waals surface area contributed by atoms with Crippen LogP contribution in [0.15, 0.2) is 29.1 Å². The van der Waals surface area contributed by atoms with E-state index in [2.05, 4.69) is 15.3 Å². The third-order valence-corrected chi connectivity index (χ3v) is 3.52. The van der Waals surface area contributed by atoms with Crippen molar-refractivity contribution in [2.75, 3.05) is 0 Å². The van der Waals surface area contributed by atoms with E-state index in [4.69, 9.17) is 23.2 Å². The molecule has 1 aromatic carbocycles. The predicted molar refractivity (Wildman–Crippen MR) is 80.2 cm³/mol. The zero-order valence-corrected chi connectivity index (χ0v) is 12.1. The molecule has 6 heteroatoms. The van der Waals surface area contributed by atoms with Crippen molar-refractivity contribution in [1.29, 1.82) is 0 Å². The summed E-state index contributed by atoms with van der Waals surface area (Å²) >= 11 is 11.9. The number of aromatic amines is 1. The standard InChI is InChI=1S/C14H13Cl2N3O/c15-9-3-8(4-10(16)5-9)14-18-12(6-13(20)19-14)7-17-11-1-2-11/h3-6,11,17H,1-2,7H2,(H,18,19,20). The van der Waals surface area contributed by atoms with Gasteiger partial charge in [0.05, 0.1) is 5.69 Å². The zero-order chi connectivity index (χ0) is 14.1. The molecule has 0 radical (unpaired) electrons. The molecule has 0 spiro atoms. The van der Waals surface area contributed by atoms with Gasteiger partial charge in [-0.25, -0.2) is 4.98 Å². The smallest absolute Gasteiger partial charge is 0.251 e. The summed E-state index contributed by atoms with van der Waals surface area (Å²) < 4.78 is 0. The lowest BCUT2D eigenvalue weighted by molar-refractivity contribution is 0.672. The fourth-order valence-electron chi connectivity index (χ4n) is 1.96. The van der Waals surface area contributed by atoms with Gasteiger partial charge in [0, 0.05) is 34.3 Å². The fraction of sp³-hybridized carbons (Fsp3) is 0.286. The Kier molecular flexibility index (Phi) is 3.78. The number of H-pyrrole nitrogens is 1. The van der Waals surface area contributed by atoms with Crippen molar-refractivity contribution in [3.05, 3.63) is 50.4 Å². The van der Waals surface area contributed by atoms with E-state index in [0.29, 0.717) is 39.7 Å². The number of hydrogen-bond donors (Lipinski definition) is 2. The Hall–Kier alpha value is -1.36. The normalized spacial score (nSPS) is 14.5. The van der Waals surface area contributed by atoms with Crippen LogP contribution in [0.3, 0.4) is 0 Å². The lowest BCUT2D eigenvalue weighted by atomic mass is 10.2. The first-order valence-electron chi connectivity index (χ1n) is 6.40. The van der Waals surface area contributed by atoms with E-state index in [9.17, 15) is 4.79 Å². The predicted octanol–water partition coefficient (Wildman–Crippen LogP) is 3.00. The van der Waals surface area contributed by atoms with Crippen LogP contribution in [-0.4, -0.2) is 16.0 Å². The third kappa shape index (κ3) is 3.39. The van der Waals surface area contributed by atoms with Gasteiger partial charge in [0.2, 0.25) is 0 Å². The highest BCUT2D eigenvalue weighted by atomic mass is 35.5. The minimum absolute atomic E-state index is 0.182. The van der Waals surface area contributed by atoms with Gasteiger partial charge in [-0.05, 0) is 31.0 Å². The summed E-state index contributed by atoms with van der Waals surface area (Å²) in [4.78, 5) is 18.9. The van der Waals surface area contributed by atoms with Crippen LogP contribution in [0.25, 0.3) is 11.4 Å². The average Bonchev–Trinajstić information content (AvgIpc) is 3.18. The molecule has 0 atom stereocenters. The Morgan fingerprint density at radius 3 is 2.55 bits per heavy atom. The summed E-state index contributed by atoms with van der Waals surface area (Å²) in [7, 11) is 0. The van der Waals surface area contributed by atoms with Crippen molar-refractivity contribution in [2.45, 2.75) is 25.4 Å². The molecule has 2 aromatic rings. The number of benzene rings is 1. The molecule has 0 aliphatic heterocycles. The van der Waals surface area contributed by atoms with Crippen LogP contribution in [0, 0.1) is 0 Å². The van der Waals surface area contributed by atoms with Crippen LogP contribution in [-0.2, 0) is 6.54 Å². The first-order valence-corrected chi connectivity index (χ1v) is 7.16. The lowest BCUT2D eigenvalue weighted by Gasteiger charge is -2.06. The number of aromatic nitrogens is 2. The zero-order valence-electron chi connectivity index (χ0n) is 10.6. The molecule has 104 valence electrons. The quantitative estimate of drug-likeness (QED) is 0.913. The summed E-state index contributed by atoms with van der Waals surface area (Å²) in [6, 6.07) is 7.17. The van der Waals surface area contributed by atoms with Crippen LogP contribution in [0.2, 0.25) is 10.0 Å². The maximum absolute atomic E-state index is 11.7. The van der Waals surface area contributed by atoms with E-state index in [-0.39, 0.29) is 5.56 Å². The van der Waals surface area contributed by atoms with Gasteiger partial charge in [-0.15, -0.1) is 0 Å². The van der Waals surface area contributed by atoms with Crippen LogP contribution in [0.4, 0.5) is 0 Å². The highest BCUT2D eigenvalue weighted by Crippen LogP contribution is 2.24. The van der Waals surface area contributed by atoms with Crippen molar-refractivity contribution >= 4 is 23.2 Å². The van der Waals surface area contributed by atoms with E-state index < -0.39 is 0 Å². The molecule has 1 aliphatic rings. The Bertz CT molecular complexity index is 675. The van der Waals surface area contributed by atoms with Gasteiger partial charge < -0.3 is 10.3 Å². The molecule has 1 fully saturated rings. The molecule has 4 nitrogen and oxygen atoms in total. The lowest BCUT2D eigenvalue weighted by Crippen LogP contribution is -2.19. The van der Waals surface area contributed by atoms with Gasteiger partial charge in [-0.2, -0.15) is 0 Å². The first kappa shape index (κ1) is 13.6. The fourth-order valence-corrected chi connectivity index (χ4v) is 2.49. The SMILES string of the molecule is O=c1cc(CNC2CC2)nc(-c2cc(Cl)cc(Cl)c2)[nH]1. The second-order valence-corrected chi connectivity index (χ2v) is 5.77. The van der Waals surface area contributed by atoms with E-state index >= 15 is 0 Å². The molecule has 1 saturated carbocycles. The second kappa shape index (κ2) is 5.56. The summed E-state index contributed by atoms with van der Waals surface area (Å²) in [5.74, 6) is 0.481. The maximum Gasteiger partial charge on any atom is 0.251 e. The van der Waals surface area contributed by atoms with Crippen LogP contribution >= 0.6 is 23.2 Å². The molecule has 0 amide bonds.